The van der Waals surface area contributed by atoms with E-state index in [1.807, 2.05) is 13.0 Å². The van der Waals surface area contributed by atoms with Gasteiger partial charge in [-0.15, -0.1) is 0 Å². The van der Waals surface area contributed by atoms with Crippen molar-refractivity contribution >= 4 is 5.96 Å². The third kappa shape index (κ3) is 5.11. The van der Waals surface area contributed by atoms with E-state index in [9.17, 15) is 0 Å². The fraction of sp³-hybridized carbons (Fsp3) is 0.562. The zero-order valence-corrected chi connectivity index (χ0v) is 13.3. The van der Waals surface area contributed by atoms with Crippen LogP contribution in [0.5, 0.6) is 5.75 Å². The summed E-state index contributed by atoms with van der Waals surface area (Å²) in [5.41, 5.74) is 2.29. The molecule has 0 fully saturated rings. The fourth-order valence-electron chi connectivity index (χ4n) is 1.79. The first kappa shape index (κ1) is 16.3. The van der Waals surface area contributed by atoms with E-state index in [-0.39, 0.29) is 0 Å². The topological polar surface area (TPSA) is 45.7 Å². The van der Waals surface area contributed by atoms with E-state index in [4.69, 9.17) is 4.74 Å². The van der Waals surface area contributed by atoms with Crippen LogP contribution < -0.4 is 15.4 Å². The first-order chi connectivity index (χ1) is 9.60. The van der Waals surface area contributed by atoms with Crippen molar-refractivity contribution in [3.05, 3.63) is 29.3 Å². The van der Waals surface area contributed by atoms with Crippen molar-refractivity contribution in [1.82, 2.24) is 10.6 Å². The standard InChI is InChI=1S/C16H27N3O/c1-6-13(4)19-16(17-7-2)18-11-14-9-8-12(3)15(10-14)20-5/h8-10,13H,6-7,11H2,1-5H3,(H2,17,18,19). The molecule has 0 amide bonds. The van der Waals surface area contributed by atoms with Gasteiger partial charge in [-0.3, -0.25) is 0 Å². The summed E-state index contributed by atoms with van der Waals surface area (Å²) >= 11 is 0. The molecule has 112 valence electrons. The van der Waals surface area contributed by atoms with Gasteiger partial charge in [-0.25, -0.2) is 4.99 Å². The van der Waals surface area contributed by atoms with E-state index in [0.29, 0.717) is 12.6 Å². The van der Waals surface area contributed by atoms with Gasteiger partial charge >= 0.3 is 0 Å². The van der Waals surface area contributed by atoms with E-state index in [1.54, 1.807) is 7.11 Å². The molecule has 0 aromatic heterocycles. The van der Waals surface area contributed by atoms with Crippen molar-refractivity contribution in [2.75, 3.05) is 13.7 Å². The van der Waals surface area contributed by atoms with Gasteiger partial charge < -0.3 is 15.4 Å². The van der Waals surface area contributed by atoms with Crippen LogP contribution in [0.1, 0.15) is 38.3 Å². The van der Waals surface area contributed by atoms with Crippen molar-refractivity contribution < 1.29 is 4.74 Å². The molecule has 0 aliphatic heterocycles. The molecule has 20 heavy (non-hydrogen) atoms. The molecule has 4 heteroatoms. The third-order valence-electron chi connectivity index (χ3n) is 3.23. The molecule has 1 rings (SSSR count). The number of aliphatic imine (C=N–C) groups is 1. The summed E-state index contributed by atoms with van der Waals surface area (Å²) in [6.07, 6.45) is 1.07. The first-order valence-corrected chi connectivity index (χ1v) is 7.29. The lowest BCUT2D eigenvalue weighted by Gasteiger charge is -2.16. The smallest absolute Gasteiger partial charge is 0.191 e. The van der Waals surface area contributed by atoms with Crippen LogP contribution in [0.25, 0.3) is 0 Å². The summed E-state index contributed by atoms with van der Waals surface area (Å²) in [5, 5.41) is 6.65. The largest absolute Gasteiger partial charge is 0.496 e. The average Bonchev–Trinajstić information content (AvgIpc) is 2.46. The number of ether oxygens (including phenoxy) is 1. The Labute approximate surface area is 122 Å². The molecule has 0 spiro atoms. The number of hydrogen-bond acceptors (Lipinski definition) is 2. The molecule has 0 bridgehead atoms. The Kier molecular flexibility index (Phi) is 6.91. The van der Waals surface area contributed by atoms with Crippen LogP contribution >= 0.6 is 0 Å². The van der Waals surface area contributed by atoms with Gasteiger partial charge in [-0.1, -0.05) is 19.1 Å². The number of hydrogen-bond donors (Lipinski definition) is 2. The van der Waals surface area contributed by atoms with Crippen molar-refractivity contribution in [3.63, 3.8) is 0 Å². The molecule has 2 N–H and O–H groups in total. The van der Waals surface area contributed by atoms with E-state index >= 15 is 0 Å². The number of guanidine groups is 1. The van der Waals surface area contributed by atoms with Gasteiger partial charge in [0.15, 0.2) is 5.96 Å². The van der Waals surface area contributed by atoms with Crippen LogP contribution in [0, 0.1) is 6.92 Å². The summed E-state index contributed by atoms with van der Waals surface area (Å²) in [5.74, 6) is 1.78. The molecule has 1 atom stereocenters. The Hall–Kier alpha value is -1.71. The minimum absolute atomic E-state index is 0.417. The van der Waals surface area contributed by atoms with Crippen molar-refractivity contribution in [2.24, 2.45) is 4.99 Å². The SMILES string of the molecule is CCNC(=NCc1ccc(C)c(OC)c1)NC(C)CC. The van der Waals surface area contributed by atoms with Gasteiger partial charge in [0.25, 0.3) is 0 Å². The quantitative estimate of drug-likeness (QED) is 0.621. The Morgan fingerprint density at radius 2 is 2.10 bits per heavy atom. The highest BCUT2D eigenvalue weighted by molar-refractivity contribution is 5.80. The lowest BCUT2D eigenvalue weighted by Crippen LogP contribution is -2.41. The molecule has 0 aliphatic carbocycles. The molecule has 1 unspecified atom stereocenters. The van der Waals surface area contributed by atoms with Gasteiger partial charge in [-0.05, 0) is 44.4 Å². The Morgan fingerprint density at radius 3 is 2.70 bits per heavy atom. The minimum Gasteiger partial charge on any atom is -0.496 e. The maximum atomic E-state index is 5.34. The zero-order valence-electron chi connectivity index (χ0n) is 13.3. The summed E-state index contributed by atoms with van der Waals surface area (Å²) in [6, 6.07) is 6.62. The highest BCUT2D eigenvalue weighted by atomic mass is 16.5. The second-order valence-electron chi connectivity index (χ2n) is 4.95. The number of rotatable bonds is 6. The molecular weight excluding hydrogens is 250 g/mol. The van der Waals surface area contributed by atoms with E-state index < -0.39 is 0 Å². The lowest BCUT2D eigenvalue weighted by atomic mass is 10.1. The number of nitrogens with zero attached hydrogens (tertiary/aromatic N) is 1. The summed E-state index contributed by atoms with van der Waals surface area (Å²) in [4.78, 5) is 4.62. The molecule has 0 saturated heterocycles. The number of aryl methyl sites for hydroxylation is 1. The van der Waals surface area contributed by atoms with E-state index in [0.717, 1.165) is 35.8 Å². The Balaban J connectivity index is 2.75. The van der Waals surface area contributed by atoms with Gasteiger partial charge in [0, 0.05) is 12.6 Å². The van der Waals surface area contributed by atoms with Crippen LogP contribution in [0.3, 0.4) is 0 Å². The predicted octanol–water partition coefficient (Wildman–Crippen LogP) is 2.86. The summed E-state index contributed by atoms with van der Waals surface area (Å²) in [7, 11) is 1.70. The maximum Gasteiger partial charge on any atom is 0.191 e. The molecule has 1 aromatic carbocycles. The predicted molar refractivity (Wildman–Crippen MR) is 85.4 cm³/mol. The van der Waals surface area contributed by atoms with Crippen molar-refractivity contribution in [1.29, 1.82) is 0 Å². The molecule has 0 heterocycles. The Morgan fingerprint density at radius 1 is 1.35 bits per heavy atom. The summed E-state index contributed by atoms with van der Waals surface area (Å²) < 4.78 is 5.34. The maximum absolute atomic E-state index is 5.34. The number of nitrogens with one attached hydrogen (secondary N) is 2. The molecule has 1 aromatic rings. The molecule has 0 radical (unpaired) electrons. The fourth-order valence-corrected chi connectivity index (χ4v) is 1.79. The molecule has 0 aliphatic rings. The second kappa shape index (κ2) is 8.46. The number of benzene rings is 1. The normalized spacial score (nSPS) is 12.9. The highest BCUT2D eigenvalue weighted by Gasteiger charge is 2.03. The molecular formula is C16H27N3O. The Bertz CT molecular complexity index is 443. The van der Waals surface area contributed by atoms with Crippen LogP contribution in [0.15, 0.2) is 23.2 Å². The number of methoxy groups -OCH3 is 1. The van der Waals surface area contributed by atoms with Crippen LogP contribution in [0.4, 0.5) is 0 Å². The van der Waals surface area contributed by atoms with Gasteiger partial charge in [0.05, 0.1) is 13.7 Å². The first-order valence-electron chi connectivity index (χ1n) is 7.29. The van der Waals surface area contributed by atoms with Crippen LogP contribution in [0.2, 0.25) is 0 Å². The zero-order chi connectivity index (χ0) is 15.0. The van der Waals surface area contributed by atoms with Gasteiger partial charge in [-0.2, -0.15) is 0 Å². The van der Waals surface area contributed by atoms with E-state index in [2.05, 4.69) is 48.5 Å². The van der Waals surface area contributed by atoms with Gasteiger partial charge in [0.1, 0.15) is 5.75 Å². The average molecular weight is 277 g/mol. The monoisotopic (exact) mass is 277 g/mol. The van der Waals surface area contributed by atoms with Crippen LogP contribution in [-0.2, 0) is 6.54 Å². The minimum atomic E-state index is 0.417. The second-order valence-corrected chi connectivity index (χ2v) is 4.95. The third-order valence-corrected chi connectivity index (χ3v) is 3.23. The van der Waals surface area contributed by atoms with E-state index in [1.165, 1.54) is 0 Å². The van der Waals surface area contributed by atoms with Crippen molar-refractivity contribution in [2.45, 2.75) is 46.7 Å². The molecule has 4 nitrogen and oxygen atoms in total. The highest BCUT2D eigenvalue weighted by Crippen LogP contribution is 2.19. The lowest BCUT2D eigenvalue weighted by molar-refractivity contribution is 0.411. The van der Waals surface area contributed by atoms with Crippen LogP contribution in [-0.4, -0.2) is 25.7 Å². The van der Waals surface area contributed by atoms with Crippen molar-refractivity contribution in [3.8, 4) is 5.75 Å². The summed E-state index contributed by atoms with van der Waals surface area (Å²) in [6.45, 7) is 9.93. The molecule has 0 saturated carbocycles. The van der Waals surface area contributed by atoms with Gasteiger partial charge in [0.2, 0.25) is 0 Å².